The second-order valence-corrected chi connectivity index (χ2v) is 6.11. The molecule has 0 bridgehead atoms. The van der Waals surface area contributed by atoms with E-state index in [1.165, 1.54) is 31.7 Å². The molecule has 136 valence electrons. The highest BCUT2D eigenvalue weighted by atomic mass is 16.5. The Balaban J connectivity index is 2.18. The number of ether oxygens (including phenoxy) is 1. The topological polar surface area (TPSA) is 87.0 Å². The highest BCUT2D eigenvalue weighted by Gasteiger charge is 2.18. The van der Waals surface area contributed by atoms with Crippen LogP contribution in [0, 0.1) is 0 Å². The summed E-state index contributed by atoms with van der Waals surface area (Å²) in [6, 6.07) is 2.89. The lowest BCUT2D eigenvalue weighted by Crippen LogP contribution is -2.03. The Kier molecular flexibility index (Phi) is 9.92. The van der Waals surface area contributed by atoms with E-state index in [9.17, 15) is 15.0 Å². The van der Waals surface area contributed by atoms with Crippen LogP contribution in [-0.2, 0) is 11.2 Å². The second kappa shape index (κ2) is 11.7. The largest absolute Gasteiger partial charge is 0.504 e. The van der Waals surface area contributed by atoms with Crippen molar-refractivity contribution in [2.75, 3.05) is 13.2 Å². The summed E-state index contributed by atoms with van der Waals surface area (Å²) >= 11 is 0. The van der Waals surface area contributed by atoms with Crippen molar-refractivity contribution in [3.63, 3.8) is 0 Å². The van der Waals surface area contributed by atoms with Gasteiger partial charge < -0.3 is 20.1 Å². The molecule has 0 aromatic heterocycles. The molecule has 1 aromatic carbocycles. The zero-order valence-corrected chi connectivity index (χ0v) is 14.6. The Morgan fingerprint density at radius 1 is 0.958 bits per heavy atom. The van der Waals surface area contributed by atoms with Gasteiger partial charge in [0.05, 0.1) is 0 Å². The molecule has 0 atom stereocenters. The number of rotatable bonds is 13. The van der Waals surface area contributed by atoms with Crippen molar-refractivity contribution >= 4 is 5.97 Å². The number of carboxylic acid groups (broad SMARTS) is 1. The number of hydrogen-bond acceptors (Lipinski definition) is 4. The molecule has 0 saturated carbocycles. The zero-order chi connectivity index (χ0) is 17.8. The van der Waals surface area contributed by atoms with Crippen molar-refractivity contribution in [3.05, 3.63) is 23.3 Å². The van der Waals surface area contributed by atoms with Crippen LogP contribution < -0.4 is 0 Å². The third-order valence-electron chi connectivity index (χ3n) is 4.08. The van der Waals surface area contributed by atoms with Crippen molar-refractivity contribution in [2.45, 2.75) is 64.7 Å². The van der Waals surface area contributed by atoms with E-state index >= 15 is 0 Å². The van der Waals surface area contributed by atoms with Crippen LogP contribution in [0.15, 0.2) is 12.1 Å². The van der Waals surface area contributed by atoms with Crippen LogP contribution in [-0.4, -0.2) is 34.5 Å². The number of aryl methyl sites for hydroxylation is 1. The van der Waals surface area contributed by atoms with E-state index in [0.29, 0.717) is 12.0 Å². The molecule has 0 unspecified atom stereocenters. The normalized spacial score (nSPS) is 10.9. The Morgan fingerprint density at radius 3 is 2.21 bits per heavy atom. The maximum Gasteiger partial charge on any atom is 0.339 e. The summed E-state index contributed by atoms with van der Waals surface area (Å²) in [5, 5.41) is 28.2. The molecule has 0 radical (unpaired) electrons. The van der Waals surface area contributed by atoms with Gasteiger partial charge in [0.25, 0.3) is 0 Å². The van der Waals surface area contributed by atoms with Gasteiger partial charge in [-0.05, 0) is 37.3 Å². The Bertz CT molecular complexity index is 499. The maximum absolute atomic E-state index is 11.2. The molecule has 0 amide bonds. The summed E-state index contributed by atoms with van der Waals surface area (Å²) < 4.78 is 5.60. The minimum atomic E-state index is -1.22. The van der Waals surface area contributed by atoms with Crippen LogP contribution >= 0.6 is 0 Å². The van der Waals surface area contributed by atoms with Gasteiger partial charge in [-0.2, -0.15) is 0 Å². The molecular formula is C19H30O5. The van der Waals surface area contributed by atoms with E-state index < -0.39 is 17.5 Å². The molecule has 0 aliphatic carbocycles. The van der Waals surface area contributed by atoms with E-state index in [-0.39, 0.29) is 5.56 Å². The molecule has 1 rings (SSSR count). The molecule has 0 spiro atoms. The Hall–Kier alpha value is -1.75. The molecular weight excluding hydrogens is 308 g/mol. The summed E-state index contributed by atoms with van der Waals surface area (Å²) in [5.74, 6) is -2.17. The Morgan fingerprint density at radius 2 is 1.58 bits per heavy atom. The highest BCUT2D eigenvalue weighted by molar-refractivity contribution is 5.93. The molecule has 0 saturated heterocycles. The van der Waals surface area contributed by atoms with Gasteiger partial charge in [0.1, 0.15) is 5.56 Å². The van der Waals surface area contributed by atoms with E-state index in [1.807, 2.05) is 0 Å². The fraction of sp³-hybridized carbons (Fsp3) is 0.632. The first-order valence-corrected chi connectivity index (χ1v) is 8.92. The van der Waals surface area contributed by atoms with Gasteiger partial charge in [-0.3, -0.25) is 0 Å². The number of benzene rings is 1. The molecule has 0 heterocycles. The number of carboxylic acids is 1. The number of phenolic OH excluding ortho intramolecular Hbond substituents is 1. The predicted octanol–water partition coefficient (Wildman–Crippen LogP) is 4.50. The van der Waals surface area contributed by atoms with Crippen LogP contribution in [0.25, 0.3) is 0 Å². The first-order chi connectivity index (χ1) is 11.6. The fourth-order valence-corrected chi connectivity index (χ4v) is 2.68. The second-order valence-electron chi connectivity index (χ2n) is 6.11. The average molecular weight is 338 g/mol. The molecule has 1 aromatic rings. The van der Waals surface area contributed by atoms with Crippen LogP contribution in [0.3, 0.4) is 0 Å². The molecule has 0 aliphatic rings. The third-order valence-corrected chi connectivity index (χ3v) is 4.08. The molecule has 3 N–H and O–H groups in total. The minimum Gasteiger partial charge on any atom is -0.504 e. The van der Waals surface area contributed by atoms with Crippen molar-refractivity contribution in [1.29, 1.82) is 0 Å². The minimum absolute atomic E-state index is 0.196. The fourth-order valence-electron chi connectivity index (χ4n) is 2.68. The lowest BCUT2D eigenvalue weighted by molar-refractivity contribution is 0.0691. The van der Waals surface area contributed by atoms with E-state index in [1.54, 1.807) is 6.07 Å². The van der Waals surface area contributed by atoms with Crippen molar-refractivity contribution < 1.29 is 24.9 Å². The SMILES string of the molecule is CCCCCCCOCCCCCc1ccc(O)c(O)c1C(=O)O. The Labute approximate surface area is 144 Å². The molecule has 24 heavy (non-hydrogen) atoms. The summed E-state index contributed by atoms with van der Waals surface area (Å²) in [5.41, 5.74) is 0.355. The molecule has 5 heteroatoms. The monoisotopic (exact) mass is 338 g/mol. The summed E-state index contributed by atoms with van der Waals surface area (Å²) in [6.45, 7) is 3.76. The van der Waals surface area contributed by atoms with Crippen LogP contribution in [0.2, 0.25) is 0 Å². The van der Waals surface area contributed by atoms with Gasteiger partial charge in [0.2, 0.25) is 0 Å². The van der Waals surface area contributed by atoms with Crippen molar-refractivity contribution in [1.82, 2.24) is 0 Å². The number of aromatic hydroxyl groups is 2. The quantitative estimate of drug-likeness (QED) is 0.364. The van der Waals surface area contributed by atoms with Gasteiger partial charge in [-0.15, -0.1) is 0 Å². The lowest BCUT2D eigenvalue weighted by Gasteiger charge is -2.09. The highest BCUT2D eigenvalue weighted by Crippen LogP contribution is 2.32. The van der Waals surface area contributed by atoms with Crippen LogP contribution in [0.1, 0.15) is 74.2 Å². The van der Waals surface area contributed by atoms with Gasteiger partial charge >= 0.3 is 5.97 Å². The van der Waals surface area contributed by atoms with Gasteiger partial charge in [0, 0.05) is 13.2 Å². The molecule has 0 aliphatic heterocycles. The number of carbonyl (C=O) groups is 1. The predicted molar refractivity (Wildman–Crippen MR) is 93.9 cm³/mol. The van der Waals surface area contributed by atoms with E-state index in [0.717, 1.165) is 38.9 Å². The zero-order valence-electron chi connectivity index (χ0n) is 14.6. The number of hydrogen-bond donors (Lipinski definition) is 3. The van der Waals surface area contributed by atoms with Crippen LogP contribution in [0.5, 0.6) is 11.5 Å². The third kappa shape index (κ3) is 7.21. The first kappa shape index (κ1) is 20.3. The van der Waals surface area contributed by atoms with E-state index in [4.69, 9.17) is 9.84 Å². The summed E-state index contributed by atoms with van der Waals surface area (Å²) in [6.07, 6.45) is 9.46. The van der Waals surface area contributed by atoms with E-state index in [2.05, 4.69) is 6.92 Å². The average Bonchev–Trinajstić information content (AvgIpc) is 2.55. The number of unbranched alkanes of at least 4 members (excludes halogenated alkanes) is 6. The van der Waals surface area contributed by atoms with Gasteiger partial charge in [-0.25, -0.2) is 4.79 Å². The number of aromatic carboxylic acids is 1. The van der Waals surface area contributed by atoms with Gasteiger partial charge in [-0.1, -0.05) is 45.1 Å². The molecule has 0 fully saturated rings. The van der Waals surface area contributed by atoms with Crippen molar-refractivity contribution in [2.24, 2.45) is 0 Å². The summed E-state index contributed by atoms with van der Waals surface area (Å²) in [4.78, 5) is 11.2. The van der Waals surface area contributed by atoms with Gasteiger partial charge in [0.15, 0.2) is 11.5 Å². The maximum atomic E-state index is 11.2. The first-order valence-electron chi connectivity index (χ1n) is 8.92. The summed E-state index contributed by atoms with van der Waals surface area (Å²) in [7, 11) is 0. The lowest BCUT2D eigenvalue weighted by atomic mass is 10.00. The standard InChI is InChI=1S/C19H30O5/c1-2-3-4-5-8-13-24-14-9-6-7-10-15-11-12-16(20)18(21)17(15)19(22)23/h11-12,20-21H,2-10,13-14H2,1H3,(H,22,23). The van der Waals surface area contributed by atoms with Crippen molar-refractivity contribution in [3.8, 4) is 11.5 Å². The van der Waals surface area contributed by atoms with Crippen LogP contribution in [0.4, 0.5) is 0 Å². The molecule has 5 nitrogen and oxygen atoms in total. The smallest absolute Gasteiger partial charge is 0.339 e. The number of phenols is 2.